The smallest absolute Gasteiger partial charge is 0.0525 e. The minimum atomic E-state index is 0.273. The standard InChI is InChI=1S/C12H19N3/c1-2-15-9-11(8-14-15)6-10-4-3-5-12(13)7-10/h7-9,12H,2-6,13H2,1H3. The Labute approximate surface area is 91.0 Å². The van der Waals surface area contributed by atoms with Gasteiger partial charge in [-0.3, -0.25) is 4.68 Å². The fourth-order valence-electron chi connectivity index (χ4n) is 2.11. The van der Waals surface area contributed by atoms with Gasteiger partial charge >= 0.3 is 0 Å². The molecule has 2 N–H and O–H groups in total. The highest BCUT2D eigenvalue weighted by atomic mass is 15.3. The van der Waals surface area contributed by atoms with Crippen LogP contribution in [-0.4, -0.2) is 15.8 Å². The van der Waals surface area contributed by atoms with E-state index in [1.165, 1.54) is 24.0 Å². The number of aromatic nitrogens is 2. The van der Waals surface area contributed by atoms with Crippen LogP contribution in [0.4, 0.5) is 0 Å². The second kappa shape index (κ2) is 4.62. The Morgan fingerprint density at radius 3 is 3.13 bits per heavy atom. The summed E-state index contributed by atoms with van der Waals surface area (Å²) in [6.07, 6.45) is 10.9. The number of rotatable bonds is 3. The van der Waals surface area contributed by atoms with Crippen molar-refractivity contribution in [3.05, 3.63) is 29.6 Å². The van der Waals surface area contributed by atoms with Gasteiger partial charge in [0, 0.05) is 18.8 Å². The van der Waals surface area contributed by atoms with Crippen molar-refractivity contribution in [1.82, 2.24) is 9.78 Å². The lowest BCUT2D eigenvalue weighted by molar-refractivity contribution is 0.617. The first-order chi connectivity index (χ1) is 7.28. The van der Waals surface area contributed by atoms with E-state index in [1.807, 2.05) is 10.9 Å². The van der Waals surface area contributed by atoms with E-state index in [9.17, 15) is 0 Å². The highest BCUT2D eigenvalue weighted by Gasteiger charge is 2.10. The van der Waals surface area contributed by atoms with Gasteiger partial charge in [0.25, 0.3) is 0 Å². The van der Waals surface area contributed by atoms with Crippen LogP contribution in [-0.2, 0) is 13.0 Å². The molecule has 0 spiro atoms. The van der Waals surface area contributed by atoms with Crippen LogP contribution in [0.25, 0.3) is 0 Å². The van der Waals surface area contributed by atoms with Gasteiger partial charge in [-0.15, -0.1) is 0 Å². The molecule has 1 aromatic heterocycles. The van der Waals surface area contributed by atoms with Crippen molar-refractivity contribution in [2.24, 2.45) is 5.73 Å². The molecule has 3 heteroatoms. The number of hydrogen-bond donors (Lipinski definition) is 1. The van der Waals surface area contributed by atoms with Crippen LogP contribution in [0.15, 0.2) is 24.0 Å². The summed E-state index contributed by atoms with van der Waals surface area (Å²) in [7, 11) is 0. The molecule has 0 amide bonds. The Morgan fingerprint density at radius 1 is 1.60 bits per heavy atom. The first-order valence-corrected chi connectivity index (χ1v) is 5.74. The Hall–Kier alpha value is -1.09. The van der Waals surface area contributed by atoms with Gasteiger partial charge in [0.05, 0.1) is 6.20 Å². The summed E-state index contributed by atoms with van der Waals surface area (Å²) in [5, 5.41) is 4.28. The molecule has 82 valence electrons. The van der Waals surface area contributed by atoms with Crippen molar-refractivity contribution in [3.63, 3.8) is 0 Å². The first kappa shape index (κ1) is 10.4. The Morgan fingerprint density at radius 2 is 2.47 bits per heavy atom. The second-order valence-corrected chi connectivity index (χ2v) is 4.26. The fraction of sp³-hybridized carbons (Fsp3) is 0.583. The van der Waals surface area contributed by atoms with Crippen molar-refractivity contribution in [1.29, 1.82) is 0 Å². The van der Waals surface area contributed by atoms with Crippen molar-refractivity contribution in [3.8, 4) is 0 Å². The maximum Gasteiger partial charge on any atom is 0.0525 e. The zero-order valence-corrected chi connectivity index (χ0v) is 9.32. The van der Waals surface area contributed by atoms with Gasteiger partial charge in [0.1, 0.15) is 0 Å². The number of hydrogen-bond acceptors (Lipinski definition) is 2. The molecular weight excluding hydrogens is 186 g/mol. The number of allylic oxidation sites excluding steroid dienone is 1. The van der Waals surface area contributed by atoms with Crippen molar-refractivity contribution < 1.29 is 0 Å². The maximum absolute atomic E-state index is 5.91. The molecule has 1 heterocycles. The summed E-state index contributed by atoms with van der Waals surface area (Å²) in [6.45, 7) is 3.05. The number of aryl methyl sites for hydroxylation is 1. The average Bonchev–Trinajstić information content (AvgIpc) is 2.65. The molecule has 2 rings (SSSR count). The van der Waals surface area contributed by atoms with E-state index in [4.69, 9.17) is 5.73 Å². The predicted molar refractivity (Wildman–Crippen MR) is 61.5 cm³/mol. The lowest BCUT2D eigenvalue weighted by atomic mass is 9.93. The lowest BCUT2D eigenvalue weighted by Crippen LogP contribution is -2.20. The molecule has 0 aromatic carbocycles. The van der Waals surface area contributed by atoms with Gasteiger partial charge in [-0.1, -0.05) is 11.6 Å². The lowest BCUT2D eigenvalue weighted by Gasteiger charge is -2.17. The summed E-state index contributed by atoms with van der Waals surface area (Å²) in [4.78, 5) is 0. The van der Waals surface area contributed by atoms with Gasteiger partial charge < -0.3 is 5.73 Å². The van der Waals surface area contributed by atoms with Crippen LogP contribution < -0.4 is 5.73 Å². The average molecular weight is 205 g/mol. The molecule has 1 aliphatic rings. The largest absolute Gasteiger partial charge is 0.324 e. The summed E-state index contributed by atoms with van der Waals surface area (Å²) < 4.78 is 1.97. The summed E-state index contributed by atoms with van der Waals surface area (Å²) in [5.41, 5.74) is 8.69. The van der Waals surface area contributed by atoms with E-state index >= 15 is 0 Å². The quantitative estimate of drug-likeness (QED) is 0.766. The minimum Gasteiger partial charge on any atom is -0.324 e. The second-order valence-electron chi connectivity index (χ2n) is 4.26. The number of nitrogens with two attached hydrogens (primary N) is 1. The van der Waals surface area contributed by atoms with E-state index in [2.05, 4.69) is 24.3 Å². The molecule has 1 unspecified atom stereocenters. The highest BCUT2D eigenvalue weighted by Crippen LogP contribution is 2.20. The number of nitrogens with zero attached hydrogens (tertiary/aromatic N) is 2. The fourth-order valence-corrected chi connectivity index (χ4v) is 2.11. The monoisotopic (exact) mass is 205 g/mol. The third-order valence-electron chi connectivity index (χ3n) is 2.93. The molecule has 1 atom stereocenters. The molecule has 3 nitrogen and oxygen atoms in total. The third kappa shape index (κ3) is 2.69. The Balaban J connectivity index is 2.01. The van der Waals surface area contributed by atoms with Crippen LogP contribution in [0, 0.1) is 0 Å². The van der Waals surface area contributed by atoms with Gasteiger partial charge in [-0.25, -0.2) is 0 Å². The minimum absolute atomic E-state index is 0.273. The zero-order valence-electron chi connectivity index (χ0n) is 9.32. The Kier molecular flexibility index (Phi) is 3.21. The normalized spacial score (nSPS) is 21.5. The first-order valence-electron chi connectivity index (χ1n) is 5.74. The van der Waals surface area contributed by atoms with Crippen LogP contribution in [0.2, 0.25) is 0 Å². The SMILES string of the molecule is CCn1cc(CC2=CC(N)CCC2)cn1. The van der Waals surface area contributed by atoms with Crippen molar-refractivity contribution in [2.45, 2.75) is 45.2 Å². The summed E-state index contributed by atoms with van der Waals surface area (Å²) >= 11 is 0. The van der Waals surface area contributed by atoms with Crippen LogP contribution in [0.1, 0.15) is 31.7 Å². The molecule has 15 heavy (non-hydrogen) atoms. The van der Waals surface area contributed by atoms with E-state index in [0.717, 1.165) is 19.4 Å². The van der Waals surface area contributed by atoms with Crippen LogP contribution >= 0.6 is 0 Å². The summed E-state index contributed by atoms with van der Waals surface area (Å²) in [6, 6.07) is 0.273. The molecule has 0 aliphatic heterocycles. The maximum atomic E-state index is 5.91. The topological polar surface area (TPSA) is 43.8 Å². The van der Waals surface area contributed by atoms with E-state index in [1.54, 1.807) is 0 Å². The van der Waals surface area contributed by atoms with Crippen molar-refractivity contribution in [2.75, 3.05) is 0 Å². The van der Waals surface area contributed by atoms with Crippen LogP contribution in [0.5, 0.6) is 0 Å². The van der Waals surface area contributed by atoms with E-state index < -0.39 is 0 Å². The van der Waals surface area contributed by atoms with Gasteiger partial charge in [-0.2, -0.15) is 5.10 Å². The molecule has 0 radical (unpaired) electrons. The Bertz CT molecular complexity index is 352. The third-order valence-corrected chi connectivity index (χ3v) is 2.93. The zero-order chi connectivity index (χ0) is 10.7. The molecule has 1 aliphatic carbocycles. The molecule has 0 saturated heterocycles. The van der Waals surface area contributed by atoms with E-state index in [0.29, 0.717) is 0 Å². The molecule has 1 aromatic rings. The van der Waals surface area contributed by atoms with Crippen molar-refractivity contribution >= 4 is 0 Å². The molecule has 0 bridgehead atoms. The summed E-state index contributed by atoms with van der Waals surface area (Å²) in [5.74, 6) is 0. The molecule has 0 fully saturated rings. The molecular formula is C12H19N3. The van der Waals surface area contributed by atoms with Gasteiger partial charge in [-0.05, 0) is 38.2 Å². The molecule has 0 saturated carbocycles. The highest BCUT2D eigenvalue weighted by molar-refractivity contribution is 5.19. The van der Waals surface area contributed by atoms with Gasteiger partial charge in [0.15, 0.2) is 0 Å². The van der Waals surface area contributed by atoms with Gasteiger partial charge in [0.2, 0.25) is 0 Å². The van der Waals surface area contributed by atoms with Crippen LogP contribution in [0.3, 0.4) is 0 Å². The predicted octanol–water partition coefficient (Wildman–Crippen LogP) is 1.88. The van der Waals surface area contributed by atoms with E-state index in [-0.39, 0.29) is 6.04 Å².